The SMILES string of the molecule is Cc1nn(CCC(=O)NCc2n[nH]c(=O)[nH]2)c(C)c1C. The second-order valence-electron chi connectivity index (χ2n) is 4.67. The van der Waals surface area contributed by atoms with Crippen LogP contribution >= 0.6 is 0 Å². The average Bonchev–Trinajstić information content (AvgIpc) is 2.93. The lowest BCUT2D eigenvalue weighted by Gasteiger charge is -2.05. The molecule has 0 spiro atoms. The minimum Gasteiger partial charge on any atom is -0.349 e. The quantitative estimate of drug-likeness (QED) is 0.711. The van der Waals surface area contributed by atoms with Gasteiger partial charge in [-0.25, -0.2) is 9.89 Å². The molecule has 2 aromatic heterocycles. The average molecular weight is 278 g/mol. The maximum absolute atomic E-state index is 11.7. The van der Waals surface area contributed by atoms with E-state index < -0.39 is 0 Å². The number of aromatic nitrogens is 5. The zero-order valence-corrected chi connectivity index (χ0v) is 11.8. The van der Waals surface area contributed by atoms with Crippen molar-refractivity contribution in [2.45, 2.75) is 40.3 Å². The molecule has 0 bridgehead atoms. The third-order valence-corrected chi connectivity index (χ3v) is 3.30. The summed E-state index contributed by atoms with van der Waals surface area (Å²) >= 11 is 0. The summed E-state index contributed by atoms with van der Waals surface area (Å²) in [6.07, 6.45) is 0.329. The van der Waals surface area contributed by atoms with Gasteiger partial charge in [0, 0.05) is 18.7 Å². The highest BCUT2D eigenvalue weighted by Gasteiger charge is 2.09. The first-order valence-corrected chi connectivity index (χ1v) is 6.38. The van der Waals surface area contributed by atoms with Gasteiger partial charge in [0.25, 0.3) is 0 Å². The van der Waals surface area contributed by atoms with E-state index in [4.69, 9.17) is 0 Å². The summed E-state index contributed by atoms with van der Waals surface area (Å²) in [7, 11) is 0. The molecule has 0 saturated carbocycles. The Balaban J connectivity index is 1.83. The molecule has 0 unspecified atom stereocenters. The van der Waals surface area contributed by atoms with Gasteiger partial charge >= 0.3 is 5.69 Å². The molecule has 0 aliphatic heterocycles. The van der Waals surface area contributed by atoms with Crippen LogP contribution in [0.15, 0.2) is 4.79 Å². The Morgan fingerprint density at radius 3 is 2.65 bits per heavy atom. The fourth-order valence-electron chi connectivity index (χ4n) is 1.87. The van der Waals surface area contributed by atoms with Crippen LogP contribution in [0.25, 0.3) is 0 Å². The van der Waals surface area contributed by atoms with Crippen LogP contribution in [0.1, 0.15) is 29.2 Å². The van der Waals surface area contributed by atoms with Gasteiger partial charge in [0.2, 0.25) is 5.91 Å². The van der Waals surface area contributed by atoms with Gasteiger partial charge in [0.15, 0.2) is 0 Å². The molecule has 2 aromatic rings. The van der Waals surface area contributed by atoms with E-state index in [0.717, 1.165) is 17.0 Å². The predicted octanol–water partition coefficient (Wildman–Crippen LogP) is -0.0737. The van der Waals surface area contributed by atoms with Crippen LogP contribution in [0.2, 0.25) is 0 Å². The zero-order chi connectivity index (χ0) is 14.7. The van der Waals surface area contributed by atoms with Gasteiger partial charge in [-0.3, -0.25) is 14.5 Å². The van der Waals surface area contributed by atoms with E-state index in [1.165, 1.54) is 0 Å². The minimum atomic E-state index is -0.382. The predicted molar refractivity (Wildman–Crippen MR) is 72.1 cm³/mol. The lowest BCUT2D eigenvalue weighted by molar-refractivity contribution is -0.121. The number of hydrogen-bond acceptors (Lipinski definition) is 4. The van der Waals surface area contributed by atoms with Crippen LogP contribution in [-0.4, -0.2) is 30.9 Å². The number of nitrogens with zero attached hydrogens (tertiary/aromatic N) is 3. The van der Waals surface area contributed by atoms with Crippen LogP contribution in [0.5, 0.6) is 0 Å². The Morgan fingerprint density at radius 1 is 1.35 bits per heavy atom. The molecule has 0 aliphatic carbocycles. The fourth-order valence-corrected chi connectivity index (χ4v) is 1.87. The molecule has 8 nitrogen and oxygen atoms in total. The molecule has 0 aliphatic rings. The van der Waals surface area contributed by atoms with Crippen LogP contribution < -0.4 is 11.0 Å². The molecule has 2 rings (SSSR count). The molecule has 0 fully saturated rings. The fraction of sp³-hybridized carbons (Fsp3) is 0.500. The van der Waals surface area contributed by atoms with Gasteiger partial charge in [-0.1, -0.05) is 0 Å². The van der Waals surface area contributed by atoms with Crippen molar-refractivity contribution < 1.29 is 4.79 Å². The van der Waals surface area contributed by atoms with Crippen molar-refractivity contribution in [3.63, 3.8) is 0 Å². The maximum Gasteiger partial charge on any atom is 0.340 e. The third-order valence-electron chi connectivity index (χ3n) is 3.30. The van der Waals surface area contributed by atoms with Crippen molar-refractivity contribution in [1.82, 2.24) is 30.3 Å². The van der Waals surface area contributed by atoms with Crippen molar-refractivity contribution in [1.29, 1.82) is 0 Å². The first-order valence-electron chi connectivity index (χ1n) is 6.38. The molecule has 0 radical (unpaired) electrons. The Hall–Kier alpha value is -2.38. The summed E-state index contributed by atoms with van der Waals surface area (Å²) in [6, 6.07) is 0. The largest absolute Gasteiger partial charge is 0.349 e. The van der Waals surface area contributed by atoms with Crippen LogP contribution in [0.3, 0.4) is 0 Å². The van der Waals surface area contributed by atoms with E-state index in [1.54, 1.807) is 0 Å². The smallest absolute Gasteiger partial charge is 0.340 e. The Bertz CT molecular complexity index is 666. The van der Waals surface area contributed by atoms with Gasteiger partial charge in [-0.05, 0) is 26.3 Å². The summed E-state index contributed by atoms with van der Waals surface area (Å²) in [5.41, 5.74) is 2.83. The maximum atomic E-state index is 11.7. The van der Waals surface area contributed by atoms with E-state index in [2.05, 4.69) is 25.6 Å². The number of carbonyl (C=O) groups is 1. The first-order chi connectivity index (χ1) is 9.47. The minimum absolute atomic E-state index is 0.112. The van der Waals surface area contributed by atoms with Gasteiger partial charge in [0.05, 0.1) is 12.2 Å². The standard InChI is InChI=1S/C12H18N6O2/c1-7-8(2)17-18(9(7)3)5-4-11(19)13-6-10-14-12(20)16-15-10/h4-6H2,1-3H3,(H,13,19)(H2,14,15,16,20). The van der Waals surface area contributed by atoms with E-state index in [1.807, 2.05) is 25.5 Å². The normalized spacial score (nSPS) is 10.8. The number of aryl methyl sites for hydroxylation is 2. The zero-order valence-electron chi connectivity index (χ0n) is 11.8. The molecule has 108 valence electrons. The summed E-state index contributed by atoms with van der Waals surface area (Å²) in [5, 5.41) is 13.0. The van der Waals surface area contributed by atoms with Crippen LogP contribution in [0.4, 0.5) is 0 Å². The lowest BCUT2D eigenvalue weighted by Crippen LogP contribution is -2.25. The lowest BCUT2D eigenvalue weighted by atomic mass is 10.2. The number of carbonyl (C=O) groups excluding carboxylic acids is 1. The number of amides is 1. The third kappa shape index (κ3) is 3.14. The van der Waals surface area contributed by atoms with Gasteiger partial charge < -0.3 is 5.32 Å². The molecule has 20 heavy (non-hydrogen) atoms. The Morgan fingerprint density at radius 2 is 2.10 bits per heavy atom. The van der Waals surface area contributed by atoms with E-state index in [-0.39, 0.29) is 18.1 Å². The summed E-state index contributed by atoms with van der Waals surface area (Å²) in [4.78, 5) is 25.0. The van der Waals surface area contributed by atoms with Crippen molar-refractivity contribution in [3.05, 3.63) is 33.3 Å². The Kier molecular flexibility index (Phi) is 4.02. The van der Waals surface area contributed by atoms with Crippen LogP contribution in [-0.2, 0) is 17.9 Å². The molecule has 0 atom stereocenters. The van der Waals surface area contributed by atoms with E-state index in [0.29, 0.717) is 18.8 Å². The topological polar surface area (TPSA) is 108 Å². The van der Waals surface area contributed by atoms with Crippen molar-refractivity contribution in [2.24, 2.45) is 0 Å². The highest BCUT2D eigenvalue weighted by Crippen LogP contribution is 2.11. The highest BCUT2D eigenvalue weighted by molar-refractivity contribution is 5.75. The number of aromatic amines is 2. The van der Waals surface area contributed by atoms with Crippen LogP contribution in [0, 0.1) is 20.8 Å². The molecular formula is C12H18N6O2. The first kappa shape index (κ1) is 14.0. The van der Waals surface area contributed by atoms with Crippen molar-refractivity contribution in [2.75, 3.05) is 0 Å². The number of nitrogens with one attached hydrogen (secondary N) is 3. The number of H-pyrrole nitrogens is 2. The summed E-state index contributed by atoms with van der Waals surface area (Å²) < 4.78 is 1.83. The molecule has 1 amide bonds. The van der Waals surface area contributed by atoms with Crippen molar-refractivity contribution >= 4 is 5.91 Å². The molecule has 3 N–H and O–H groups in total. The van der Waals surface area contributed by atoms with E-state index in [9.17, 15) is 9.59 Å². The Labute approximate surface area is 115 Å². The highest BCUT2D eigenvalue weighted by atomic mass is 16.2. The van der Waals surface area contributed by atoms with E-state index >= 15 is 0 Å². The number of rotatable bonds is 5. The van der Waals surface area contributed by atoms with Gasteiger partial charge in [-0.15, -0.1) is 0 Å². The van der Waals surface area contributed by atoms with Gasteiger partial charge in [0.1, 0.15) is 5.82 Å². The summed E-state index contributed by atoms with van der Waals surface area (Å²) in [6.45, 7) is 6.69. The van der Waals surface area contributed by atoms with Gasteiger partial charge in [-0.2, -0.15) is 10.2 Å². The second-order valence-corrected chi connectivity index (χ2v) is 4.67. The summed E-state index contributed by atoms with van der Waals surface area (Å²) in [5.74, 6) is 0.296. The monoisotopic (exact) mass is 278 g/mol. The second kappa shape index (κ2) is 5.72. The molecule has 0 aromatic carbocycles. The van der Waals surface area contributed by atoms with Crippen molar-refractivity contribution in [3.8, 4) is 0 Å². The molecule has 8 heteroatoms. The molecule has 0 saturated heterocycles. The molecule has 2 heterocycles. The number of hydrogen-bond donors (Lipinski definition) is 3. The molecular weight excluding hydrogens is 260 g/mol.